The van der Waals surface area contributed by atoms with Crippen molar-refractivity contribution in [2.45, 2.75) is 13.0 Å². The van der Waals surface area contributed by atoms with E-state index >= 15 is 0 Å². The number of amides is 1. The van der Waals surface area contributed by atoms with Gasteiger partial charge in [-0.1, -0.05) is 24.3 Å². The van der Waals surface area contributed by atoms with E-state index in [1.54, 1.807) is 11.9 Å². The second kappa shape index (κ2) is 6.84. The number of nitrogens with zero attached hydrogens (tertiary/aromatic N) is 3. The van der Waals surface area contributed by atoms with E-state index in [2.05, 4.69) is 27.8 Å². The molecule has 0 spiro atoms. The van der Waals surface area contributed by atoms with Crippen LogP contribution in [0, 0.1) is 0 Å². The second-order valence-corrected chi connectivity index (χ2v) is 5.81. The molecule has 0 fully saturated rings. The molecule has 5 heteroatoms. The van der Waals surface area contributed by atoms with E-state index in [0.29, 0.717) is 0 Å². The average Bonchev–Trinajstić information content (AvgIpc) is 3.05. The minimum atomic E-state index is -0.0327. The topological polar surface area (TPSA) is 47.4 Å². The summed E-state index contributed by atoms with van der Waals surface area (Å²) >= 11 is 0. The Morgan fingerprint density at radius 1 is 1.21 bits per heavy atom. The predicted octanol–water partition coefficient (Wildman–Crippen LogP) is 3.19. The lowest BCUT2D eigenvalue weighted by Crippen LogP contribution is -2.32. The Balaban J connectivity index is 1.84. The van der Waals surface area contributed by atoms with Gasteiger partial charge in [0, 0.05) is 19.8 Å². The highest BCUT2D eigenvalue weighted by Gasteiger charge is 2.17. The largest absolute Gasteiger partial charge is 0.375 e. The van der Waals surface area contributed by atoms with Crippen LogP contribution in [0.2, 0.25) is 0 Å². The van der Waals surface area contributed by atoms with Crippen molar-refractivity contribution in [2.75, 3.05) is 20.8 Å². The molecule has 2 aromatic carbocycles. The van der Waals surface area contributed by atoms with E-state index in [1.807, 2.05) is 43.6 Å². The third-order valence-electron chi connectivity index (χ3n) is 4.35. The van der Waals surface area contributed by atoms with E-state index in [9.17, 15) is 4.79 Å². The maximum absolute atomic E-state index is 11.9. The molecule has 1 aromatic heterocycles. The van der Waals surface area contributed by atoms with Gasteiger partial charge in [-0.2, -0.15) is 0 Å². The smallest absolute Gasteiger partial charge is 0.248 e. The standard InChI is InChI=1S/C19H21N3O2/c1-14(21(2)19(23)12-24-3)15-8-10-16(11-9-15)22-13-20-17-6-4-5-7-18(17)22/h4-11,13-14H,12H2,1-3H3/t14-/m0/s1. The third-order valence-corrected chi connectivity index (χ3v) is 4.35. The van der Waals surface area contributed by atoms with Crippen LogP contribution >= 0.6 is 0 Å². The van der Waals surface area contributed by atoms with Crippen molar-refractivity contribution in [3.05, 3.63) is 60.4 Å². The summed E-state index contributed by atoms with van der Waals surface area (Å²) in [4.78, 5) is 18.1. The first-order valence-corrected chi connectivity index (χ1v) is 7.89. The third kappa shape index (κ3) is 3.03. The van der Waals surface area contributed by atoms with Gasteiger partial charge in [-0.15, -0.1) is 0 Å². The van der Waals surface area contributed by atoms with Crippen LogP contribution in [0.1, 0.15) is 18.5 Å². The summed E-state index contributed by atoms with van der Waals surface area (Å²) < 4.78 is 6.98. The molecule has 5 nitrogen and oxygen atoms in total. The molecule has 0 aliphatic carbocycles. The van der Waals surface area contributed by atoms with Crippen molar-refractivity contribution in [1.29, 1.82) is 0 Å². The number of hydrogen-bond acceptors (Lipinski definition) is 3. The molecule has 0 saturated carbocycles. The summed E-state index contributed by atoms with van der Waals surface area (Å²) in [7, 11) is 3.32. The van der Waals surface area contributed by atoms with Crippen molar-refractivity contribution in [2.24, 2.45) is 0 Å². The van der Waals surface area contributed by atoms with Crippen LogP contribution in [0.5, 0.6) is 0 Å². The molecule has 0 aliphatic heterocycles. The van der Waals surface area contributed by atoms with Crippen LogP contribution in [0.4, 0.5) is 0 Å². The molecule has 24 heavy (non-hydrogen) atoms. The Kier molecular flexibility index (Phi) is 4.62. The van der Waals surface area contributed by atoms with Crippen molar-refractivity contribution in [1.82, 2.24) is 14.5 Å². The normalized spacial score (nSPS) is 12.3. The zero-order valence-electron chi connectivity index (χ0n) is 14.1. The van der Waals surface area contributed by atoms with Gasteiger partial charge in [-0.25, -0.2) is 4.98 Å². The molecule has 0 N–H and O–H groups in total. The highest BCUT2D eigenvalue weighted by Crippen LogP contribution is 2.22. The summed E-state index contributed by atoms with van der Waals surface area (Å²) in [6.45, 7) is 2.11. The summed E-state index contributed by atoms with van der Waals surface area (Å²) in [5.41, 5.74) is 4.17. The molecular weight excluding hydrogens is 302 g/mol. The summed E-state index contributed by atoms with van der Waals surface area (Å²) in [6, 6.07) is 16.2. The molecule has 0 unspecified atom stereocenters. The number of carbonyl (C=O) groups excluding carboxylic acids is 1. The molecule has 1 heterocycles. The highest BCUT2D eigenvalue weighted by molar-refractivity contribution is 5.78. The molecule has 1 atom stereocenters. The average molecular weight is 323 g/mol. The Morgan fingerprint density at radius 3 is 2.62 bits per heavy atom. The van der Waals surface area contributed by atoms with E-state index in [1.165, 1.54) is 7.11 Å². The predicted molar refractivity (Wildman–Crippen MR) is 94.1 cm³/mol. The number of fused-ring (bicyclic) bond motifs is 1. The van der Waals surface area contributed by atoms with Crippen molar-refractivity contribution in [3.8, 4) is 5.69 Å². The van der Waals surface area contributed by atoms with E-state index in [0.717, 1.165) is 22.3 Å². The minimum absolute atomic E-state index is 0.0127. The fourth-order valence-corrected chi connectivity index (χ4v) is 2.74. The number of hydrogen-bond donors (Lipinski definition) is 0. The monoisotopic (exact) mass is 323 g/mol. The lowest BCUT2D eigenvalue weighted by atomic mass is 10.1. The number of ether oxygens (including phenoxy) is 1. The maximum atomic E-state index is 11.9. The molecule has 0 aliphatic rings. The maximum Gasteiger partial charge on any atom is 0.248 e. The summed E-state index contributed by atoms with van der Waals surface area (Å²) in [5, 5.41) is 0. The molecule has 1 amide bonds. The van der Waals surface area contributed by atoms with Gasteiger partial charge in [-0.3, -0.25) is 9.36 Å². The lowest BCUT2D eigenvalue weighted by molar-refractivity contribution is -0.135. The fourth-order valence-electron chi connectivity index (χ4n) is 2.74. The van der Waals surface area contributed by atoms with Crippen LogP contribution in [0.15, 0.2) is 54.9 Å². The van der Waals surface area contributed by atoms with Gasteiger partial charge >= 0.3 is 0 Å². The van der Waals surface area contributed by atoms with Gasteiger partial charge in [0.05, 0.1) is 17.1 Å². The molecule has 0 bridgehead atoms. The van der Waals surface area contributed by atoms with Gasteiger partial charge in [0.1, 0.15) is 12.9 Å². The minimum Gasteiger partial charge on any atom is -0.375 e. The van der Waals surface area contributed by atoms with Gasteiger partial charge in [0.15, 0.2) is 0 Å². The SMILES string of the molecule is COCC(=O)N(C)[C@@H](C)c1ccc(-n2cnc3ccccc32)cc1. The van der Waals surface area contributed by atoms with Gasteiger partial charge < -0.3 is 9.64 Å². The summed E-state index contributed by atoms with van der Waals surface area (Å²) in [5.74, 6) is -0.0327. The van der Waals surface area contributed by atoms with Crippen LogP contribution < -0.4 is 0 Å². The molecule has 3 aromatic rings. The number of likely N-dealkylation sites (N-methyl/N-ethyl adjacent to an activating group) is 1. The number of carbonyl (C=O) groups is 1. The molecule has 0 saturated heterocycles. The second-order valence-electron chi connectivity index (χ2n) is 5.81. The van der Waals surface area contributed by atoms with Gasteiger partial charge in [0.25, 0.3) is 0 Å². The Bertz CT molecular complexity index is 839. The number of methoxy groups -OCH3 is 1. The van der Waals surface area contributed by atoms with Crippen LogP contribution in [-0.2, 0) is 9.53 Å². The first kappa shape index (κ1) is 16.2. The number of para-hydroxylation sites is 2. The zero-order valence-corrected chi connectivity index (χ0v) is 14.1. The van der Waals surface area contributed by atoms with Crippen LogP contribution in [-0.4, -0.2) is 41.1 Å². The lowest BCUT2D eigenvalue weighted by Gasteiger charge is -2.25. The van der Waals surface area contributed by atoms with Crippen molar-refractivity contribution >= 4 is 16.9 Å². The fraction of sp³-hybridized carbons (Fsp3) is 0.263. The number of aromatic nitrogens is 2. The Hall–Kier alpha value is -2.66. The molecule has 0 radical (unpaired) electrons. The first-order valence-electron chi connectivity index (χ1n) is 7.89. The highest BCUT2D eigenvalue weighted by atomic mass is 16.5. The first-order chi connectivity index (χ1) is 11.6. The zero-order chi connectivity index (χ0) is 17.1. The van der Waals surface area contributed by atoms with Gasteiger partial charge in [0.2, 0.25) is 5.91 Å². The van der Waals surface area contributed by atoms with Crippen molar-refractivity contribution in [3.63, 3.8) is 0 Å². The molecule has 124 valence electrons. The van der Waals surface area contributed by atoms with E-state index < -0.39 is 0 Å². The number of benzene rings is 2. The number of rotatable bonds is 5. The number of imidazole rings is 1. The Morgan fingerprint density at radius 2 is 1.92 bits per heavy atom. The van der Waals surface area contributed by atoms with Crippen molar-refractivity contribution < 1.29 is 9.53 Å². The molecule has 3 rings (SSSR count). The van der Waals surface area contributed by atoms with E-state index in [4.69, 9.17) is 4.74 Å². The molecular formula is C19H21N3O2. The van der Waals surface area contributed by atoms with Crippen LogP contribution in [0.25, 0.3) is 16.7 Å². The quantitative estimate of drug-likeness (QED) is 0.724. The summed E-state index contributed by atoms with van der Waals surface area (Å²) in [6.07, 6.45) is 1.83. The van der Waals surface area contributed by atoms with Gasteiger partial charge in [-0.05, 0) is 36.8 Å². The van der Waals surface area contributed by atoms with E-state index in [-0.39, 0.29) is 18.6 Å². The Labute approximate surface area is 141 Å². The van der Waals surface area contributed by atoms with Crippen LogP contribution in [0.3, 0.4) is 0 Å².